The molecule has 2 fully saturated rings. The molecule has 2 saturated heterocycles. The van der Waals surface area contributed by atoms with Gasteiger partial charge in [0.2, 0.25) is 5.91 Å². The number of nitrogens with one attached hydrogen (secondary N) is 1. The molecule has 0 aliphatic carbocycles. The van der Waals surface area contributed by atoms with Crippen LogP contribution in [0.4, 0.5) is 0 Å². The largest absolute Gasteiger partial charge is 0.341 e. The zero-order valence-corrected chi connectivity index (χ0v) is 13.2. The number of amides is 1. The van der Waals surface area contributed by atoms with Gasteiger partial charge < -0.3 is 15.1 Å². The van der Waals surface area contributed by atoms with Crippen LogP contribution in [0.2, 0.25) is 0 Å². The van der Waals surface area contributed by atoms with E-state index in [4.69, 9.17) is 0 Å². The summed E-state index contributed by atoms with van der Waals surface area (Å²) in [5, 5.41) is 3.34. The molecule has 110 valence electrons. The summed E-state index contributed by atoms with van der Waals surface area (Å²) < 4.78 is 0. The first kappa shape index (κ1) is 15.1. The molecule has 2 aliphatic heterocycles. The molecule has 19 heavy (non-hydrogen) atoms. The molecule has 2 heterocycles. The Morgan fingerprint density at radius 1 is 1.37 bits per heavy atom. The van der Waals surface area contributed by atoms with Gasteiger partial charge in [-0.25, -0.2) is 0 Å². The van der Waals surface area contributed by atoms with Gasteiger partial charge in [0.1, 0.15) is 0 Å². The predicted octanol–water partition coefficient (Wildman–Crippen LogP) is 1.02. The first-order valence-corrected chi connectivity index (χ1v) is 8.57. The molecule has 2 aliphatic rings. The van der Waals surface area contributed by atoms with Crippen molar-refractivity contribution in [3.05, 3.63) is 0 Å². The Kier molecular flexibility index (Phi) is 5.54. The maximum atomic E-state index is 12.4. The zero-order valence-electron chi connectivity index (χ0n) is 12.4. The van der Waals surface area contributed by atoms with Crippen molar-refractivity contribution >= 4 is 17.7 Å². The van der Waals surface area contributed by atoms with Gasteiger partial charge in [0.25, 0.3) is 0 Å². The highest BCUT2D eigenvalue weighted by atomic mass is 32.2. The Morgan fingerprint density at radius 3 is 2.58 bits per heavy atom. The summed E-state index contributed by atoms with van der Waals surface area (Å²) in [7, 11) is 1.99. The Labute approximate surface area is 121 Å². The van der Waals surface area contributed by atoms with E-state index in [0.717, 1.165) is 44.0 Å². The highest BCUT2D eigenvalue weighted by Crippen LogP contribution is 2.19. The molecule has 0 aromatic carbocycles. The van der Waals surface area contributed by atoms with Crippen LogP contribution < -0.4 is 5.32 Å². The van der Waals surface area contributed by atoms with E-state index in [1.54, 1.807) is 0 Å². The number of likely N-dealkylation sites (tertiary alicyclic amines) is 1. The maximum Gasteiger partial charge on any atom is 0.240 e. The van der Waals surface area contributed by atoms with Crippen LogP contribution in [0, 0.1) is 0 Å². The summed E-state index contributed by atoms with van der Waals surface area (Å²) in [5.74, 6) is 2.34. The summed E-state index contributed by atoms with van der Waals surface area (Å²) >= 11 is 1.88. The van der Waals surface area contributed by atoms with Gasteiger partial charge in [-0.1, -0.05) is 0 Å². The molecule has 0 bridgehead atoms. The molecule has 1 amide bonds. The van der Waals surface area contributed by atoms with E-state index in [-0.39, 0.29) is 11.9 Å². The average molecular weight is 285 g/mol. The van der Waals surface area contributed by atoms with Crippen molar-refractivity contribution in [2.45, 2.75) is 44.8 Å². The van der Waals surface area contributed by atoms with Crippen molar-refractivity contribution < 1.29 is 4.79 Å². The van der Waals surface area contributed by atoms with E-state index in [0.29, 0.717) is 12.1 Å². The smallest absolute Gasteiger partial charge is 0.240 e. The first-order chi connectivity index (χ1) is 9.09. The molecule has 1 unspecified atom stereocenters. The van der Waals surface area contributed by atoms with Crippen LogP contribution in [0.25, 0.3) is 0 Å². The fourth-order valence-corrected chi connectivity index (χ4v) is 3.86. The molecule has 0 spiro atoms. The number of carbonyl (C=O) groups is 1. The summed E-state index contributed by atoms with van der Waals surface area (Å²) in [4.78, 5) is 17.0. The first-order valence-electron chi connectivity index (χ1n) is 7.41. The number of likely N-dealkylation sites (N-methyl/N-ethyl adjacent to an activating group) is 1. The van der Waals surface area contributed by atoms with Crippen molar-refractivity contribution in [2.75, 3.05) is 38.2 Å². The molecule has 0 saturated carbocycles. The van der Waals surface area contributed by atoms with E-state index in [2.05, 4.69) is 24.1 Å². The van der Waals surface area contributed by atoms with Gasteiger partial charge in [0.05, 0.1) is 6.04 Å². The Hall–Kier alpha value is -0.260. The second-order valence-electron chi connectivity index (χ2n) is 5.89. The maximum absolute atomic E-state index is 12.4. The Balaban J connectivity index is 1.83. The number of piperidine rings is 1. The van der Waals surface area contributed by atoms with E-state index in [1.165, 1.54) is 0 Å². The van der Waals surface area contributed by atoms with Crippen LogP contribution in [0.15, 0.2) is 0 Å². The highest BCUT2D eigenvalue weighted by molar-refractivity contribution is 7.99. The van der Waals surface area contributed by atoms with E-state index < -0.39 is 0 Å². The number of rotatable bonds is 3. The molecule has 4 nitrogen and oxygen atoms in total. The minimum Gasteiger partial charge on any atom is -0.341 e. The lowest BCUT2D eigenvalue weighted by Crippen LogP contribution is -2.54. The van der Waals surface area contributed by atoms with Crippen LogP contribution in [-0.2, 0) is 4.79 Å². The summed E-state index contributed by atoms with van der Waals surface area (Å²) in [5.41, 5.74) is 0. The number of thioether (sulfide) groups is 1. The lowest BCUT2D eigenvalue weighted by Gasteiger charge is -2.39. The van der Waals surface area contributed by atoms with Gasteiger partial charge in [-0.2, -0.15) is 11.8 Å². The number of hydrogen-bond acceptors (Lipinski definition) is 4. The van der Waals surface area contributed by atoms with Crippen LogP contribution in [0.1, 0.15) is 26.7 Å². The van der Waals surface area contributed by atoms with Crippen LogP contribution >= 0.6 is 11.8 Å². The summed E-state index contributed by atoms with van der Waals surface area (Å²) in [6, 6.07) is 1.08. The second kappa shape index (κ2) is 6.95. The molecule has 5 heteroatoms. The fraction of sp³-hybridized carbons (Fsp3) is 0.929. The van der Waals surface area contributed by atoms with Crippen molar-refractivity contribution in [3.63, 3.8) is 0 Å². The van der Waals surface area contributed by atoms with Gasteiger partial charge in [-0.3, -0.25) is 4.79 Å². The Bertz CT molecular complexity index is 297. The minimum absolute atomic E-state index is 0.0341. The van der Waals surface area contributed by atoms with Crippen LogP contribution in [0.3, 0.4) is 0 Å². The van der Waals surface area contributed by atoms with Gasteiger partial charge in [-0.05, 0) is 26.7 Å². The standard InChI is InChI=1S/C14H27N3OS/c1-11(2)17-7-4-12(5-8-17)16(3)14(18)13-10-19-9-6-15-13/h11-13,15H,4-10H2,1-3H3. The van der Waals surface area contributed by atoms with E-state index >= 15 is 0 Å². The van der Waals surface area contributed by atoms with Crippen LogP contribution in [-0.4, -0.2) is 72.0 Å². The fourth-order valence-electron chi connectivity index (χ4n) is 2.94. The number of hydrogen-bond donors (Lipinski definition) is 1. The summed E-state index contributed by atoms with van der Waals surface area (Å²) in [6.45, 7) is 7.69. The molecule has 2 rings (SSSR count). The third kappa shape index (κ3) is 3.86. The third-order valence-electron chi connectivity index (χ3n) is 4.34. The lowest BCUT2D eigenvalue weighted by molar-refractivity contribution is -0.134. The lowest BCUT2D eigenvalue weighted by atomic mass is 10.0. The van der Waals surface area contributed by atoms with E-state index in [9.17, 15) is 4.79 Å². The van der Waals surface area contributed by atoms with Crippen LogP contribution in [0.5, 0.6) is 0 Å². The monoisotopic (exact) mass is 285 g/mol. The molecular formula is C14H27N3OS. The molecule has 1 N–H and O–H groups in total. The third-order valence-corrected chi connectivity index (χ3v) is 5.41. The van der Waals surface area contributed by atoms with Gasteiger partial charge in [0, 0.05) is 50.3 Å². The minimum atomic E-state index is 0.0341. The van der Waals surface area contributed by atoms with E-state index in [1.807, 2.05) is 23.7 Å². The van der Waals surface area contributed by atoms with Crippen molar-refractivity contribution in [1.29, 1.82) is 0 Å². The number of nitrogens with zero attached hydrogens (tertiary/aromatic N) is 2. The average Bonchev–Trinajstić information content (AvgIpc) is 2.46. The van der Waals surface area contributed by atoms with Crippen molar-refractivity contribution in [3.8, 4) is 0 Å². The number of carbonyl (C=O) groups excluding carboxylic acids is 1. The normalized spacial score (nSPS) is 26.6. The molecular weight excluding hydrogens is 258 g/mol. The van der Waals surface area contributed by atoms with Crippen molar-refractivity contribution in [2.24, 2.45) is 0 Å². The zero-order chi connectivity index (χ0) is 13.8. The van der Waals surface area contributed by atoms with Gasteiger partial charge in [-0.15, -0.1) is 0 Å². The molecule has 1 atom stereocenters. The van der Waals surface area contributed by atoms with Crippen molar-refractivity contribution in [1.82, 2.24) is 15.1 Å². The SMILES string of the molecule is CC(C)N1CCC(N(C)C(=O)C2CSCCN2)CC1. The molecule has 0 aromatic rings. The quantitative estimate of drug-likeness (QED) is 0.840. The van der Waals surface area contributed by atoms with Gasteiger partial charge >= 0.3 is 0 Å². The Morgan fingerprint density at radius 2 is 2.05 bits per heavy atom. The molecule has 0 radical (unpaired) electrons. The topological polar surface area (TPSA) is 35.6 Å². The predicted molar refractivity (Wildman–Crippen MR) is 81.6 cm³/mol. The molecule has 0 aromatic heterocycles. The summed E-state index contributed by atoms with van der Waals surface area (Å²) in [6.07, 6.45) is 2.22. The second-order valence-corrected chi connectivity index (χ2v) is 7.04. The van der Waals surface area contributed by atoms with Gasteiger partial charge in [0.15, 0.2) is 0 Å². The highest BCUT2D eigenvalue weighted by Gasteiger charge is 2.30.